The average molecular weight is 417 g/mol. The van der Waals surface area contributed by atoms with Gasteiger partial charge < -0.3 is 15.4 Å². The van der Waals surface area contributed by atoms with Gasteiger partial charge in [-0.1, -0.05) is 37.6 Å². The van der Waals surface area contributed by atoms with Crippen LogP contribution in [0.25, 0.3) is 0 Å². The van der Waals surface area contributed by atoms with Crippen LogP contribution in [0.15, 0.2) is 72.8 Å². The van der Waals surface area contributed by atoms with Gasteiger partial charge in [0.15, 0.2) is 0 Å². The van der Waals surface area contributed by atoms with E-state index in [1.54, 1.807) is 42.5 Å². The molecule has 0 aliphatic heterocycles. The second kappa shape index (κ2) is 10.4. The normalized spacial score (nSPS) is 10.6. The molecule has 2 amide bonds. The monoisotopic (exact) mass is 416 g/mol. The van der Waals surface area contributed by atoms with Crippen LogP contribution in [-0.2, 0) is 0 Å². The molecule has 0 atom stereocenters. The van der Waals surface area contributed by atoms with E-state index in [2.05, 4.69) is 24.5 Å². The van der Waals surface area contributed by atoms with E-state index in [1.807, 2.05) is 37.3 Å². The van der Waals surface area contributed by atoms with E-state index >= 15 is 0 Å². The summed E-state index contributed by atoms with van der Waals surface area (Å²) in [6.07, 6.45) is 0.961. The van der Waals surface area contributed by atoms with E-state index in [1.165, 1.54) is 0 Å². The fraction of sp³-hybridized carbons (Fsp3) is 0.231. The quantitative estimate of drug-likeness (QED) is 0.479. The van der Waals surface area contributed by atoms with Gasteiger partial charge in [0.25, 0.3) is 11.8 Å². The Morgan fingerprint density at radius 1 is 0.806 bits per heavy atom. The molecule has 3 aromatic carbocycles. The van der Waals surface area contributed by atoms with Crippen molar-refractivity contribution in [3.8, 4) is 5.75 Å². The van der Waals surface area contributed by atoms with E-state index in [4.69, 9.17) is 4.74 Å². The van der Waals surface area contributed by atoms with Gasteiger partial charge in [-0.25, -0.2) is 0 Å². The van der Waals surface area contributed by atoms with E-state index in [0.717, 1.165) is 12.0 Å². The Bertz CT molecular complexity index is 1040. The zero-order valence-corrected chi connectivity index (χ0v) is 18.1. The number of benzene rings is 3. The molecule has 0 spiro atoms. The van der Waals surface area contributed by atoms with Crippen LogP contribution in [0.2, 0.25) is 0 Å². The molecule has 160 valence electrons. The van der Waals surface area contributed by atoms with Crippen molar-refractivity contribution in [1.82, 2.24) is 0 Å². The molecule has 2 N–H and O–H groups in total. The first-order valence-corrected chi connectivity index (χ1v) is 10.4. The maximum atomic E-state index is 12.6. The molecule has 0 aromatic heterocycles. The molecular formula is C26H28N2O3. The molecule has 0 heterocycles. The van der Waals surface area contributed by atoms with E-state index in [9.17, 15) is 9.59 Å². The fourth-order valence-corrected chi connectivity index (χ4v) is 2.97. The predicted octanol–water partition coefficient (Wildman–Crippen LogP) is 5.92. The van der Waals surface area contributed by atoms with Crippen molar-refractivity contribution in [2.75, 3.05) is 17.2 Å². The minimum absolute atomic E-state index is 0.172. The molecule has 31 heavy (non-hydrogen) atoms. The van der Waals surface area contributed by atoms with E-state index < -0.39 is 0 Å². The van der Waals surface area contributed by atoms with Crippen molar-refractivity contribution in [3.63, 3.8) is 0 Å². The molecule has 3 rings (SSSR count). The van der Waals surface area contributed by atoms with Crippen LogP contribution >= 0.6 is 0 Å². The summed E-state index contributed by atoms with van der Waals surface area (Å²) in [5, 5.41) is 5.74. The predicted molar refractivity (Wildman–Crippen MR) is 125 cm³/mol. The number of hydrogen-bond donors (Lipinski definition) is 2. The number of amides is 2. The molecule has 0 saturated heterocycles. The molecule has 0 saturated carbocycles. The minimum Gasteiger partial charge on any atom is -0.494 e. The Morgan fingerprint density at radius 2 is 1.35 bits per heavy atom. The highest BCUT2D eigenvalue weighted by Gasteiger charge is 2.09. The standard InChI is InChI=1S/C26H28N2O3/c1-18(2)14-15-31-24-9-5-8-21(17-24)26(30)28-23-12-10-22(11-13-23)27-25(29)20-7-4-6-19(3)16-20/h4-13,16-18H,14-15H2,1-3H3,(H,27,29)(H,28,30). The number of rotatable bonds is 8. The van der Waals surface area contributed by atoms with Crippen molar-refractivity contribution in [1.29, 1.82) is 0 Å². The number of hydrogen-bond acceptors (Lipinski definition) is 3. The smallest absolute Gasteiger partial charge is 0.255 e. The summed E-state index contributed by atoms with van der Waals surface area (Å²) < 4.78 is 5.73. The first-order valence-electron chi connectivity index (χ1n) is 10.4. The Labute approximate surface area is 183 Å². The third-order valence-electron chi connectivity index (χ3n) is 4.74. The summed E-state index contributed by atoms with van der Waals surface area (Å²) in [6.45, 7) is 6.86. The van der Waals surface area contributed by atoms with Crippen LogP contribution in [0.5, 0.6) is 5.75 Å². The van der Waals surface area contributed by atoms with Gasteiger partial charge >= 0.3 is 0 Å². The van der Waals surface area contributed by atoms with Gasteiger partial charge in [-0.05, 0) is 73.9 Å². The highest BCUT2D eigenvalue weighted by atomic mass is 16.5. The molecule has 0 fully saturated rings. The maximum absolute atomic E-state index is 12.6. The van der Waals surface area contributed by atoms with Crippen LogP contribution in [0.3, 0.4) is 0 Å². The van der Waals surface area contributed by atoms with Gasteiger partial charge in [-0.3, -0.25) is 9.59 Å². The molecule has 3 aromatic rings. The summed E-state index contributed by atoms with van der Waals surface area (Å²) >= 11 is 0. The van der Waals surface area contributed by atoms with Gasteiger partial charge in [-0.2, -0.15) is 0 Å². The number of ether oxygens (including phenoxy) is 1. The van der Waals surface area contributed by atoms with E-state index in [0.29, 0.717) is 40.8 Å². The van der Waals surface area contributed by atoms with Crippen LogP contribution in [-0.4, -0.2) is 18.4 Å². The van der Waals surface area contributed by atoms with Crippen molar-refractivity contribution < 1.29 is 14.3 Å². The van der Waals surface area contributed by atoms with Gasteiger partial charge in [-0.15, -0.1) is 0 Å². The summed E-state index contributed by atoms with van der Waals surface area (Å²) in [5.41, 5.74) is 3.46. The zero-order chi connectivity index (χ0) is 22.2. The third-order valence-corrected chi connectivity index (χ3v) is 4.74. The lowest BCUT2D eigenvalue weighted by atomic mass is 10.1. The first-order chi connectivity index (χ1) is 14.9. The lowest BCUT2D eigenvalue weighted by Crippen LogP contribution is -2.13. The molecule has 0 unspecified atom stereocenters. The summed E-state index contributed by atoms with van der Waals surface area (Å²) in [4.78, 5) is 25.0. The zero-order valence-electron chi connectivity index (χ0n) is 18.1. The number of aryl methyl sites for hydroxylation is 1. The topological polar surface area (TPSA) is 67.4 Å². The van der Waals surface area contributed by atoms with Gasteiger partial charge in [0.2, 0.25) is 0 Å². The van der Waals surface area contributed by atoms with E-state index in [-0.39, 0.29) is 11.8 Å². The Balaban J connectivity index is 1.58. The SMILES string of the molecule is Cc1cccc(C(=O)Nc2ccc(NC(=O)c3cccc(OCCC(C)C)c3)cc2)c1. The van der Waals surface area contributed by atoms with Crippen LogP contribution in [0, 0.1) is 12.8 Å². The maximum Gasteiger partial charge on any atom is 0.255 e. The lowest BCUT2D eigenvalue weighted by Gasteiger charge is -2.10. The molecule has 5 nitrogen and oxygen atoms in total. The highest BCUT2D eigenvalue weighted by molar-refractivity contribution is 6.06. The van der Waals surface area contributed by atoms with Gasteiger partial charge in [0.1, 0.15) is 5.75 Å². The number of anilines is 2. The molecular weight excluding hydrogens is 388 g/mol. The molecule has 0 aliphatic rings. The Morgan fingerprint density at radius 3 is 1.90 bits per heavy atom. The van der Waals surface area contributed by atoms with Crippen molar-refractivity contribution in [3.05, 3.63) is 89.5 Å². The van der Waals surface area contributed by atoms with Crippen LogP contribution in [0.1, 0.15) is 46.5 Å². The van der Waals surface area contributed by atoms with Crippen LogP contribution in [0.4, 0.5) is 11.4 Å². The number of carbonyl (C=O) groups excluding carboxylic acids is 2. The summed E-state index contributed by atoms with van der Waals surface area (Å²) in [6, 6.07) is 21.6. The fourth-order valence-electron chi connectivity index (χ4n) is 2.97. The second-order valence-electron chi connectivity index (χ2n) is 7.91. The largest absolute Gasteiger partial charge is 0.494 e. The van der Waals surface area contributed by atoms with Gasteiger partial charge in [0.05, 0.1) is 6.61 Å². The number of nitrogens with one attached hydrogen (secondary N) is 2. The first kappa shape index (κ1) is 22.1. The molecule has 0 aliphatic carbocycles. The van der Waals surface area contributed by atoms with Crippen molar-refractivity contribution in [2.45, 2.75) is 27.2 Å². The summed E-state index contributed by atoms with van der Waals surface area (Å²) in [5.74, 6) is 0.860. The molecule has 0 bridgehead atoms. The van der Waals surface area contributed by atoms with Crippen LogP contribution < -0.4 is 15.4 Å². The molecule has 0 radical (unpaired) electrons. The lowest BCUT2D eigenvalue weighted by molar-refractivity contribution is 0.101. The third kappa shape index (κ3) is 6.71. The summed E-state index contributed by atoms with van der Waals surface area (Å²) in [7, 11) is 0. The highest BCUT2D eigenvalue weighted by Crippen LogP contribution is 2.18. The Hall–Kier alpha value is -3.60. The van der Waals surface area contributed by atoms with Crippen molar-refractivity contribution in [2.24, 2.45) is 5.92 Å². The minimum atomic E-state index is -0.217. The second-order valence-corrected chi connectivity index (χ2v) is 7.91. The van der Waals surface area contributed by atoms with Gasteiger partial charge in [0, 0.05) is 22.5 Å². The number of carbonyl (C=O) groups is 2. The van der Waals surface area contributed by atoms with Crippen molar-refractivity contribution >= 4 is 23.2 Å². The Kier molecular flexibility index (Phi) is 7.44. The molecule has 5 heteroatoms. The average Bonchev–Trinajstić information content (AvgIpc) is 2.75.